The van der Waals surface area contributed by atoms with Crippen LogP contribution in [-0.2, 0) is 11.3 Å². The van der Waals surface area contributed by atoms with Gasteiger partial charge in [0, 0.05) is 24.8 Å². The Hall–Kier alpha value is -1.69. The van der Waals surface area contributed by atoms with Gasteiger partial charge in [-0.3, -0.25) is 0 Å². The van der Waals surface area contributed by atoms with Gasteiger partial charge in [0.2, 0.25) is 0 Å². The first-order valence-electron chi connectivity index (χ1n) is 8.20. The summed E-state index contributed by atoms with van der Waals surface area (Å²) in [5, 5.41) is 6.41. The molecule has 0 unspecified atom stereocenters. The van der Waals surface area contributed by atoms with E-state index in [0.717, 1.165) is 24.4 Å². The molecule has 0 bridgehead atoms. The van der Waals surface area contributed by atoms with Crippen LogP contribution in [0, 0.1) is 6.92 Å². The van der Waals surface area contributed by atoms with Crippen LogP contribution >= 0.6 is 0 Å². The van der Waals surface area contributed by atoms with E-state index < -0.39 is 5.60 Å². The molecule has 1 aromatic heterocycles. The largest absolute Gasteiger partial charge is 0.444 e. The maximum atomic E-state index is 11.9. The lowest BCUT2D eigenvalue weighted by Crippen LogP contribution is -2.53. The lowest BCUT2D eigenvalue weighted by Gasteiger charge is -2.33. The highest BCUT2D eigenvalue weighted by molar-refractivity contribution is 5.67. The third-order valence-corrected chi connectivity index (χ3v) is 3.80. The van der Waals surface area contributed by atoms with E-state index in [-0.39, 0.29) is 11.6 Å². The molecule has 0 spiro atoms. The molecule has 0 atom stereocenters. The fourth-order valence-corrected chi connectivity index (χ4v) is 2.25. The van der Waals surface area contributed by atoms with Crippen LogP contribution < -0.4 is 10.6 Å². The standard InChI is InChI=1S/C17H30N4O2/c1-7-17(8-2,12-19-15(22)23-16(4,5)6)20-11-14-9-10-18-13(3)21-14/h9-10,20H,7-8,11-12H2,1-6H3,(H,19,22). The molecule has 0 aliphatic carbocycles. The Morgan fingerprint density at radius 1 is 1.26 bits per heavy atom. The quantitative estimate of drug-likeness (QED) is 0.807. The van der Waals surface area contributed by atoms with Gasteiger partial charge in [0.25, 0.3) is 0 Å². The van der Waals surface area contributed by atoms with Gasteiger partial charge in [-0.1, -0.05) is 13.8 Å². The average Bonchev–Trinajstić information content (AvgIpc) is 2.46. The first-order chi connectivity index (χ1) is 10.7. The summed E-state index contributed by atoms with van der Waals surface area (Å²) < 4.78 is 5.30. The second kappa shape index (κ2) is 8.24. The van der Waals surface area contributed by atoms with Crippen molar-refractivity contribution in [2.24, 2.45) is 0 Å². The monoisotopic (exact) mass is 322 g/mol. The van der Waals surface area contributed by atoms with Crippen LogP contribution in [0.15, 0.2) is 12.3 Å². The van der Waals surface area contributed by atoms with E-state index in [4.69, 9.17) is 4.74 Å². The van der Waals surface area contributed by atoms with Gasteiger partial charge in [0.1, 0.15) is 11.4 Å². The number of alkyl carbamates (subject to hydrolysis) is 1. The van der Waals surface area contributed by atoms with E-state index in [1.807, 2.05) is 33.8 Å². The summed E-state index contributed by atoms with van der Waals surface area (Å²) in [7, 11) is 0. The number of nitrogens with one attached hydrogen (secondary N) is 2. The van der Waals surface area contributed by atoms with Crippen LogP contribution in [0.1, 0.15) is 59.0 Å². The SMILES string of the molecule is CCC(CC)(CNC(=O)OC(C)(C)C)NCc1ccnc(C)n1. The van der Waals surface area contributed by atoms with Crippen molar-refractivity contribution in [3.8, 4) is 0 Å². The predicted molar refractivity (Wildman–Crippen MR) is 91.2 cm³/mol. The lowest BCUT2D eigenvalue weighted by atomic mass is 9.92. The van der Waals surface area contributed by atoms with Crippen molar-refractivity contribution in [1.82, 2.24) is 20.6 Å². The highest BCUT2D eigenvalue weighted by Gasteiger charge is 2.27. The molecule has 0 saturated carbocycles. The van der Waals surface area contributed by atoms with Gasteiger partial charge in [-0.2, -0.15) is 0 Å². The van der Waals surface area contributed by atoms with Gasteiger partial charge in [-0.05, 0) is 46.6 Å². The molecule has 6 heteroatoms. The van der Waals surface area contributed by atoms with Crippen molar-refractivity contribution in [2.75, 3.05) is 6.54 Å². The molecule has 1 rings (SSSR count). The maximum Gasteiger partial charge on any atom is 0.407 e. The predicted octanol–water partition coefficient (Wildman–Crippen LogP) is 2.96. The molecule has 0 radical (unpaired) electrons. The number of aryl methyl sites for hydroxylation is 1. The molecule has 130 valence electrons. The molecule has 0 aliphatic rings. The molecular formula is C17H30N4O2. The Morgan fingerprint density at radius 3 is 2.43 bits per heavy atom. The fraction of sp³-hybridized carbons (Fsp3) is 0.706. The number of rotatable bonds is 7. The van der Waals surface area contributed by atoms with Crippen LogP contribution in [0.5, 0.6) is 0 Å². The zero-order valence-electron chi connectivity index (χ0n) is 15.2. The number of ether oxygens (including phenoxy) is 1. The summed E-state index contributed by atoms with van der Waals surface area (Å²) in [6, 6.07) is 1.90. The minimum Gasteiger partial charge on any atom is -0.444 e. The van der Waals surface area contributed by atoms with Gasteiger partial charge in [0.15, 0.2) is 0 Å². The maximum absolute atomic E-state index is 11.9. The van der Waals surface area contributed by atoms with Crippen LogP contribution in [0.2, 0.25) is 0 Å². The number of nitrogens with zero attached hydrogens (tertiary/aromatic N) is 2. The summed E-state index contributed by atoms with van der Waals surface area (Å²) in [6.45, 7) is 12.8. The van der Waals surface area contributed by atoms with Crippen molar-refractivity contribution in [3.63, 3.8) is 0 Å². The van der Waals surface area contributed by atoms with E-state index in [9.17, 15) is 4.79 Å². The average molecular weight is 322 g/mol. The van der Waals surface area contributed by atoms with Crippen molar-refractivity contribution >= 4 is 6.09 Å². The molecule has 1 aromatic rings. The Labute approximate surface area is 139 Å². The van der Waals surface area contributed by atoms with Crippen LogP contribution in [-0.4, -0.2) is 33.7 Å². The zero-order chi connectivity index (χ0) is 17.5. The number of amides is 1. The number of hydrogen-bond acceptors (Lipinski definition) is 5. The second-order valence-electron chi connectivity index (χ2n) is 6.79. The van der Waals surface area contributed by atoms with Crippen molar-refractivity contribution in [1.29, 1.82) is 0 Å². The molecule has 0 saturated heterocycles. The van der Waals surface area contributed by atoms with E-state index in [1.54, 1.807) is 6.20 Å². The van der Waals surface area contributed by atoms with Crippen LogP contribution in [0.3, 0.4) is 0 Å². The number of hydrogen-bond donors (Lipinski definition) is 2. The van der Waals surface area contributed by atoms with Crippen molar-refractivity contribution in [3.05, 3.63) is 23.8 Å². The van der Waals surface area contributed by atoms with Gasteiger partial charge in [0.05, 0.1) is 5.69 Å². The second-order valence-corrected chi connectivity index (χ2v) is 6.79. The highest BCUT2D eigenvalue weighted by Crippen LogP contribution is 2.15. The van der Waals surface area contributed by atoms with Crippen LogP contribution in [0.4, 0.5) is 4.79 Å². The molecule has 2 N–H and O–H groups in total. The molecule has 23 heavy (non-hydrogen) atoms. The Bertz CT molecular complexity index is 508. The fourth-order valence-electron chi connectivity index (χ4n) is 2.25. The van der Waals surface area contributed by atoms with Crippen molar-refractivity contribution in [2.45, 2.75) is 72.1 Å². The van der Waals surface area contributed by atoms with Gasteiger partial charge in [-0.25, -0.2) is 14.8 Å². The molecule has 0 fully saturated rings. The molecular weight excluding hydrogens is 292 g/mol. The first kappa shape index (κ1) is 19.4. The minimum atomic E-state index is -0.489. The van der Waals surface area contributed by atoms with E-state index in [0.29, 0.717) is 13.1 Å². The number of carbonyl (C=O) groups excluding carboxylic acids is 1. The highest BCUT2D eigenvalue weighted by atomic mass is 16.6. The summed E-state index contributed by atoms with van der Waals surface area (Å²) in [5.74, 6) is 0.759. The topological polar surface area (TPSA) is 76.1 Å². The first-order valence-corrected chi connectivity index (χ1v) is 8.20. The Balaban J connectivity index is 2.62. The summed E-state index contributed by atoms with van der Waals surface area (Å²) in [4.78, 5) is 20.4. The molecule has 0 aromatic carbocycles. The number of aromatic nitrogens is 2. The van der Waals surface area contributed by atoms with E-state index in [1.165, 1.54) is 0 Å². The van der Waals surface area contributed by atoms with Gasteiger partial charge >= 0.3 is 6.09 Å². The van der Waals surface area contributed by atoms with E-state index >= 15 is 0 Å². The zero-order valence-corrected chi connectivity index (χ0v) is 15.2. The third kappa shape index (κ3) is 6.95. The van der Waals surface area contributed by atoms with Crippen LogP contribution in [0.25, 0.3) is 0 Å². The summed E-state index contributed by atoms with van der Waals surface area (Å²) >= 11 is 0. The molecule has 0 aliphatic heterocycles. The summed E-state index contributed by atoms with van der Waals surface area (Å²) in [6.07, 6.45) is 3.16. The molecule has 6 nitrogen and oxygen atoms in total. The minimum absolute atomic E-state index is 0.185. The van der Waals surface area contributed by atoms with Gasteiger partial charge < -0.3 is 15.4 Å². The smallest absolute Gasteiger partial charge is 0.407 e. The molecule has 1 heterocycles. The number of carbonyl (C=O) groups is 1. The molecule has 1 amide bonds. The van der Waals surface area contributed by atoms with Crippen molar-refractivity contribution < 1.29 is 9.53 Å². The summed E-state index contributed by atoms with van der Waals surface area (Å²) in [5.41, 5.74) is 0.272. The normalized spacial score (nSPS) is 12.1. The Morgan fingerprint density at radius 2 is 1.91 bits per heavy atom. The third-order valence-electron chi connectivity index (χ3n) is 3.80. The van der Waals surface area contributed by atoms with Gasteiger partial charge in [-0.15, -0.1) is 0 Å². The lowest BCUT2D eigenvalue weighted by molar-refractivity contribution is 0.0507. The van der Waals surface area contributed by atoms with E-state index in [2.05, 4.69) is 34.4 Å². The Kier molecular flexibility index (Phi) is 6.94.